The van der Waals surface area contributed by atoms with Crippen LogP contribution in [-0.2, 0) is 19.6 Å². The Morgan fingerprint density at radius 3 is 2.67 bits per heavy atom. The van der Waals surface area contributed by atoms with Crippen molar-refractivity contribution in [2.45, 2.75) is 10.6 Å². The van der Waals surface area contributed by atoms with Crippen molar-refractivity contribution in [1.82, 2.24) is 4.31 Å². The average molecular weight is 377 g/mol. The van der Waals surface area contributed by atoms with Crippen LogP contribution >= 0.6 is 38.9 Å². The summed E-state index contributed by atoms with van der Waals surface area (Å²) in [7, 11) is -0.955. The van der Waals surface area contributed by atoms with Gasteiger partial charge in [0.15, 0.2) is 0 Å². The molecule has 0 N–H and O–H groups in total. The second kappa shape index (κ2) is 6.33. The molecule has 1 aromatic heterocycles. The first kappa shape index (κ1) is 15.9. The van der Waals surface area contributed by atoms with Gasteiger partial charge in [-0.1, -0.05) is 11.6 Å². The highest BCUT2D eigenvalue weighted by Gasteiger charge is 2.24. The van der Waals surface area contributed by atoms with Gasteiger partial charge in [-0.2, -0.15) is 4.31 Å². The predicted octanol–water partition coefficient (Wildman–Crippen LogP) is 2.35. The third-order valence-electron chi connectivity index (χ3n) is 2.15. The van der Waals surface area contributed by atoms with Gasteiger partial charge in [0.25, 0.3) is 10.0 Å². The van der Waals surface area contributed by atoms with Gasteiger partial charge in [0.05, 0.1) is 22.3 Å². The van der Waals surface area contributed by atoms with Gasteiger partial charge in [0.2, 0.25) is 0 Å². The molecule has 0 bridgehead atoms. The molecule has 0 aliphatic rings. The lowest BCUT2D eigenvalue weighted by molar-refractivity contribution is -0.140. The lowest BCUT2D eigenvalue weighted by Crippen LogP contribution is -2.28. The molecule has 5 nitrogen and oxygen atoms in total. The molecule has 0 atom stereocenters. The Labute approximate surface area is 123 Å². The Bertz CT molecular complexity index is 523. The molecule has 9 heteroatoms. The standard InChI is InChI=1S/C9H11BrClNO4S2/c1-12(4-3-7(13)16-2)18(14,15)8-5-6(11)9(10)17-8/h5H,3-4H2,1-2H3. The molecule has 1 aromatic rings. The van der Waals surface area contributed by atoms with Crippen molar-refractivity contribution in [3.8, 4) is 0 Å². The van der Waals surface area contributed by atoms with E-state index in [0.29, 0.717) is 8.81 Å². The number of sulfonamides is 1. The number of nitrogens with zero attached hydrogens (tertiary/aromatic N) is 1. The fourth-order valence-electron chi connectivity index (χ4n) is 1.08. The lowest BCUT2D eigenvalue weighted by Gasteiger charge is -2.14. The number of carbonyl (C=O) groups is 1. The lowest BCUT2D eigenvalue weighted by atomic mass is 10.4. The zero-order chi connectivity index (χ0) is 13.9. The molecule has 0 fully saturated rings. The Hall–Kier alpha value is -0.150. The average Bonchev–Trinajstić information content (AvgIpc) is 2.66. The predicted molar refractivity (Wildman–Crippen MR) is 73.5 cm³/mol. The van der Waals surface area contributed by atoms with Crippen molar-refractivity contribution in [2.75, 3.05) is 20.7 Å². The molecule has 0 aliphatic heterocycles. The van der Waals surface area contributed by atoms with Crippen LogP contribution in [-0.4, -0.2) is 39.4 Å². The van der Waals surface area contributed by atoms with Gasteiger partial charge in [-0.05, 0) is 22.0 Å². The maximum absolute atomic E-state index is 12.1. The maximum Gasteiger partial charge on any atom is 0.306 e. The van der Waals surface area contributed by atoms with E-state index in [0.717, 1.165) is 15.6 Å². The molecule has 0 radical (unpaired) electrons. The topological polar surface area (TPSA) is 63.7 Å². The highest BCUT2D eigenvalue weighted by molar-refractivity contribution is 9.11. The molecule has 1 heterocycles. The molecule has 0 aromatic carbocycles. The zero-order valence-corrected chi connectivity index (χ0v) is 13.6. The monoisotopic (exact) mass is 375 g/mol. The van der Waals surface area contributed by atoms with Gasteiger partial charge in [-0.3, -0.25) is 4.79 Å². The van der Waals surface area contributed by atoms with Crippen LogP contribution in [0.5, 0.6) is 0 Å². The minimum absolute atomic E-state index is 0.00646. The maximum atomic E-state index is 12.1. The molecule has 0 saturated heterocycles. The molecule has 0 spiro atoms. The number of hydrogen-bond acceptors (Lipinski definition) is 5. The van der Waals surface area contributed by atoms with E-state index in [-0.39, 0.29) is 17.2 Å². The van der Waals surface area contributed by atoms with Gasteiger partial charge >= 0.3 is 5.97 Å². The summed E-state index contributed by atoms with van der Waals surface area (Å²) in [5, 5.41) is 0.347. The quantitative estimate of drug-likeness (QED) is 0.740. The van der Waals surface area contributed by atoms with Gasteiger partial charge in [-0.15, -0.1) is 11.3 Å². The number of esters is 1. The Kier molecular flexibility index (Phi) is 5.60. The van der Waals surface area contributed by atoms with Crippen LogP contribution in [0.25, 0.3) is 0 Å². The number of halogens is 2. The highest BCUT2D eigenvalue weighted by atomic mass is 79.9. The summed E-state index contributed by atoms with van der Waals surface area (Å²) in [5.41, 5.74) is 0. The molecule has 0 saturated carbocycles. The summed E-state index contributed by atoms with van der Waals surface area (Å²) in [6.07, 6.45) is 0.00646. The van der Waals surface area contributed by atoms with E-state index in [1.54, 1.807) is 0 Å². The van der Waals surface area contributed by atoms with Gasteiger partial charge in [0.1, 0.15) is 4.21 Å². The van der Waals surface area contributed by atoms with Gasteiger partial charge in [-0.25, -0.2) is 8.42 Å². The van der Waals surface area contributed by atoms with Crippen molar-refractivity contribution in [3.05, 3.63) is 14.9 Å². The summed E-state index contributed by atoms with van der Waals surface area (Å²) < 4.78 is 30.4. The number of rotatable bonds is 5. The first-order chi connectivity index (χ1) is 8.28. The summed E-state index contributed by atoms with van der Waals surface area (Å²) in [4.78, 5) is 11.0. The highest BCUT2D eigenvalue weighted by Crippen LogP contribution is 2.35. The number of carbonyl (C=O) groups excluding carboxylic acids is 1. The minimum atomic E-state index is -3.61. The van der Waals surface area contributed by atoms with Crippen LogP contribution in [0.1, 0.15) is 6.42 Å². The zero-order valence-electron chi connectivity index (χ0n) is 9.64. The van der Waals surface area contributed by atoms with Gasteiger partial charge in [0, 0.05) is 13.6 Å². The number of hydrogen-bond donors (Lipinski definition) is 0. The normalized spacial score (nSPS) is 11.8. The van der Waals surface area contributed by atoms with Crippen LogP contribution < -0.4 is 0 Å². The third kappa shape index (κ3) is 3.67. The largest absolute Gasteiger partial charge is 0.469 e. The third-order valence-corrected chi connectivity index (χ3v) is 6.93. The molecular formula is C9H11BrClNO4S2. The van der Waals surface area contributed by atoms with E-state index in [1.807, 2.05) is 0 Å². The van der Waals surface area contributed by atoms with Crippen molar-refractivity contribution < 1.29 is 17.9 Å². The first-order valence-electron chi connectivity index (χ1n) is 4.77. The van der Waals surface area contributed by atoms with Crippen LogP contribution in [0.4, 0.5) is 0 Å². The van der Waals surface area contributed by atoms with Gasteiger partial charge < -0.3 is 4.74 Å². The summed E-state index contributed by atoms with van der Waals surface area (Å²) in [5.74, 6) is -0.456. The SMILES string of the molecule is COC(=O)CCN(C)S(=O)(=O)c1cc(Cl)c(Br)s1. The Balaban J connectivity index is 2.83. The van der Waals surface area contributed by atoms with Crippen molar-refractivity contribution >= 4 is 54.9 Å². The molecule has 102 valence electrons. The number of thiophene rings is 1. The summed E-state index contributed by atoms with van der Waals surface area (Å²) >= 11 is 9.99. The fourth-order valence-corrected chi connectivity index (χ4v) is 4.86. The van der Waals surface area contributed by atoms with Crippen molar-refractivity contribution in [3.63, 3.8) is 0 Å². The van der Waals surface area contributed by atoms with E-state index < -0.39 is 16.0 Å². The molecule has 18 heavy (non-hydrogen) atoms. The second-order valence-electron chi connectivity index (χ2n) is 3.34. The van der Waals surface area contributed by atoms with Crippen LogP contribution in [0, 0.1) is 0 Å². The summed E-state index contributed by atoms with van der Waals surface area (Å²) in [6.45, 7) is 0.0577. The molecular weight excluding hydrogens is 366 g/mol. The molecule has 0 unspecified atom stereocenters. The fraction of sp³-hybridized carbons (Fsp3) is 0.444. The summed E-state index contributed by atoms with van der Waals surface area (Å²) in [6, 6.07) is 1.38. The van der Waals surface area contributed by atoms with Crippen LogP contribution in [0.3, 0.4) is 0 Å². The van der Waals surface area contributed by atoms with E-state index in [1.165, 1.54) is 20.2 Å². The van der Waals surface area contributed by atoms with Crippen LogP contribution in [0.2, 0.25) is 5.02 Å². The smallest absolute Gasteiger partial charge is 0.306 e. The van der Waals surface area contributed by atoms with Crippen molar-refractivity contribution in [2.24, 2.45) is 0 Å². The molecule has 1 rings (SSSR count). The number of ether oxygens (including phenoxy) is 1. The van der Waals surface area contributed by atoms with Crippen molar-refractivity contribution in [1.29, 1.82) is 0 Å². The van der Waals surface area contributed by atoms with E-state index in [2.05, 4.69) is 20.7 Å². The minimum Gasteiger partial charge on any atom is -0.469 e. The molecule has 0 amide bonds. The van der Waals surface area contributed by atoms with Crippen LogP contribution in [0.15, 0.2) is 14.1 Å². The van der Waals surface area contributed by atoms with E-state index >= 15 is 0 Å². The van der Waals surface area contributed by atoms with E-state index in [4.69, 9.17) is 11.6 Å². The second-order valence-corrected chi connectivity index (χ2v) is 8.39. The molecule has 0 aliphatic carbocycles. The number of methoxy groups -OCH3 is 1. The first-order valence-corrected chi connectivity index (χ1v) is 8.19. The Morgan fingerprint density at radius 2 is 2.22 bits per heavy atom. The van der Waals surface area contributed by atoms with E-state index in [9.17, 15) is 13.2 Å². The Morgan fingerprint density at radius 1 is 1.61 bits per heavy atom.